The summed E-state index contributed by atoms with van der Waals surface area (Å²) in [5.74, 6) is -1.01. The molecule has 0 aliphatic rings. The van der Waals surface area contributed by atoms with Crippen LogP contribution in [0.15, 0.2) is 54.6 Å². The minimum Gasteiger partial charge on any atom is -0.497 e. The van der Waals surface area contributed by atoms with Crippen LogP contribution in [0.25, 0.3) is 0 Å². The van der Waals surface area contributed by atoms with Crippen LogP contribution in [0, 0.1) is 0 Å². The van der Waals surface area contributed by atoms with Gasteiger partial charge in [-0.2, -0.15) is 26.3 Å². The summed E-state index contributed by atoms with van der Waals surface area (Å²) in [5, 5.41) is 2.59. The van der Waals surface area contributed by atoms with E-state index in [-0.39, 0.29) is 12.0 Å². The highest BCUT2D eigenvalue weighted by Crippen LogP contribution is 2.41. The van der Waals surface area contributed by atoms with Crippen molar-refractivity contribution in [1.82, 2.24) is 10.6 Å². The first-order chi connectivity index (χ1) is 13.5. The molecule has 0 aliphatic carbocycles. The molecule has 1 amide bonds. The molecular weight excluding hydrogens is 402 g/mol. The van der Waals surface area contributed by atoms with E-state index in [4.69, 9.17) is 4.74 Å². The molecule has 0 aromatic heterocycles. The van der Waals surface area contributed by atoms with Crippen LogP contribution in [-0.2, 0) is 6.42 Å². The summed E-state index contributed by atoms with van der Waals surface area (Å²) in [6, 6.07) is 12.5. The molecular formula is C19H18F6N2O2. The molecule has 29 heavy (non-hydrogen) atoms. The van der Waals surface area contributed by atoms with Gasteiger partial charge in [-0.1, -0.05) is 30.3 Å². The summed E-state index contributed by atoms with van der Waals surface area (Å²) in [7, 11) is 1.42. The summed E-state index contributed by atoms with van der Waals surface area (Å²) >= 11 is 0. The van der Waals surface area contributed by atoms with E-state index in [0.29, 0.717) is 11.3 Å². The molecule has 4 nitrogen and oxygen atoms in total. The summed E-state index contributed by atoms with van der Waals surface area (Å²) in [4.78, 5) is 12.1. The van der Waals surface area contributed by atoms with Crippen LogP contribution in [0.4, 0.5) is 26.3 Å². The fraction of sp³-hybridized carbons (Fsp3) is 0.316. The van der Waals surface area contributed by atoms with Crippen LogP contribution in [-0.4, -0.2) is 37.6 Å². The lowest BCUT2D eigenvalue weighted by molar-refractivity contribution is -0.314. The van der Waals surface area contributed by atoms with Gasteiger partial charge in [0.2, 0.25) is 0 Å². The summed E-state index contributed by atoms with van der Waals surface area (Å²) in [6.07, 6.45) is -11.8. The molecule has 2 rings (SSSR count). The molecule has 158 valence electrons. The quantitative estimate of drug-likeness (QED) is 0.524. The normalized spacial score (nSPS) is 12.5. The van der Waals surface area contributed by atoms with Gasteiger partial charge in [-0.25, -0.2) is 0 Å². The standard InChI is InChI=1S/C19H18F6N2O2/c1-29-15-9-7-13(8-10-15)11-12-26-17(18(20,21)22,19(23,24)25)27-16(28)14-5-3-2-4-6-14/h2-10,26H,11-12H2,1H3,(H,27,28). The number of ether oxygens (including phenoxy) is 1. The minimum atomic E-state index is -5.84. The van der Waals surface area contributed by atoms with E-state index in [9.17, 15) is 31.1 Å². The van der Waals surface area contributed by atoms with Crippen molar-refractivity contribution in [1.29, 1.82) is 0 Å². The van der Waals surface area contributed by atoms with Crippen molar-refractivity contribution in [2.24, 2.45) is 0 Å². The number of alkyl halides is 6. The third kappa shape index (κ3) is 5.20. The fourth-order valence-corrected chi connectivity index (χ4v) is 2.57. The molecule has 2 aromatic carbocycles. The first-order valence-corrected chi connectivity index (χ1v) is 8.39. The maximum absolute atomic E-state index is 13.6. The number of carbonyl (C=O) groups is 1. The van der Waals surface area contributed by atoms with Crippen LogP contribution in [0.5, 0.6) is 5.75 Å². The number of carbonyl (C=O) groups excluding carboxylic acids is 1. The van der Waals surface area contributed by atoms with Gasteiger partial charge >= 0.3 is 12.4 Å². The van der Waals surface area contributed by atoms with Gasteiger partial charge in [0.25, 0.3) is 11.6 Å². The monoisotopic (exact) mass is 420 g/mol. The molecule has 0 unspecified atom stereocenters. The highest BCUT2D eigenvalue weighted by molar-refractivity contribution is 5.94. The maximum Gasteiger partial charge on any atom is 0.434 e. The summed E-state index contributed by atoms with van der Waals surface area (Å²) in [5.41, 5.74) is -4.44. The van der Waals surface area contributed by atoms with Crippen molar-refractivity contribution in [2.45, 2.75) is 24.4 Å². The van der Waals surface area contributed by atoms with Crippen molar-refractivity contribution < 1.29 is 35.9 Å². The van der Waals surface area contributed by atoms with E-state index in [1.807, 2.05) is 0 Å². The first-order valence-electron chi connectivity index (χ1n) is 8.39. The molecule has 2 N–H and O–H groups in total. The molecule has 0 heterocycles. The molecule has 0 atom stereocenters. The number of nitrogens with one attached hydrogen (secondary N) is 2. The second kappa shape index (κ2) is 8.73. The topological polar surface area (TPSA) is 50.4 Å². The first kappa shape index (κ1) is 22.5. The third-order valence-corrected chi connectivity index (χ3v) is 4.15. The Labute approximate surface area is 162 Å². The number of amides is 1. The summed E-state index contributed by atoms with van der Waals surface area (Å²) in [6.45, 7) is -0.694. The molecule has 2 aromatic rings. The Morgan fingerprint density at radius 2 is 1.45 bits per heavy atom. The van der Waals surface area contributed by atoms with Gasteiger partial charge < -0.3 is 10.1 Å². The van der Waals surface area contributed by atoms with Crippen LogP contribution >= 0.6 is 0 Å². The number of hydrogen-bond donors (Lipinski definition) is 2. The van der Waals surface area contributed by atoms with Crippen LogP contribution in [0.2, 0.25) is 0 Å². The molecule has 0 fully saturated rings. The van der Waals surface area contributed by atoms with Crippen LogP contribution in [0.3, 0.4) is 0 Å². The van der Waals surface area contributed by atoms with Crippen molar-refractivity contribution in [2.75, 3.05) is 13.7 Å². The van der Waals surface area contributed by atoms with Crippen molar-refractivity contribution in [3.8, 4) is 5.75 Å². The van der Waals surface area contributed by atoms with E-state index in [1.54, 1.807) is 0 Å². The zero-order valence-electron chi connectivity index (χ0n) is 15.2. The molecule has 10 heteroatoms. The average Bonchev–Trinajstić information content (AvgIpc) is 2.66. The van der Waals surface area contributed by atoms with E-state index in [1.165, 1.54) is 54.9 Å². The van der Waals surface area contributed by atoms with Gasteiger partial charge in [0.1, 0.15) is 5.75 Å². The molecule has 0 spiro atoms. The van der Waals surface area contributed by atoms with Crippen molar-refractivity contribution >= 4 is 5.91 Å². The largest absolute Gasteiger partial charge is 0.497 e. The van der Waals surface area contributed by atoms with E-state index in [2.05, 4.69) is 0 Å². The van der Waals surface area contributed by atoms with E-state index in [0.717, 1.165) is 17.4 Å². The lowest BCUT2D eigenvalue weighted by Gasteiger charge is -2.38. The van der Waals surface area contributed by atoms with Gasteiger partial charge in [0, 0.05) is 12.1 Å². The lowest BCUT2D eigenvalue weighted by Crippen LogP contribution is -2.75. The van der Waals surface area contributed by atoms with Gasteiger partial charge in [-0.15, -0.1) is 0 Å². The van der Waals surface area contributed by atoms with Gasteiger partial charge in [0.05, 0.1) is 7.11 Å². The second-order valence-corrected chi connectivity index (χ2v) is 6.09. The predicted octanol–water partition coefficient (Wildman–Crippen LogP) is 4.08. The second-order valence-electron chi connectivity index (χ2n) is 6.09. The molecule has 0 aliphatic heterocycles. The third-order valence-electron chi connectivity index (χ3n) is 4.15. The van der Waals surface area contributed by atoms with E-state index < -0.39 is 30.5 Å². The van der Waals surface area contributed by atoms with Gasteiger partial charge in [-0.05, 0) is 36.2 Å². The Kier molecular flexibility index (Phi) is 6.78. The Hall–Kier alpha value is -2.75. The SMILES string of the molecule is COc1ccc(CCNC(NC(=O)c2ccccc2)(C(F)(F)F)C(F)(F)F)cc1. The number of rotatable bonds is 7. The smallest absolute Gasteiger partial charge is 0.434 e. The number of halogens is 6. The molecule has 0 saturated heterocycles. The zero-order valence-corrected chi connectivity index (χ0v) is 15.2. The van der Waals surface area contributed by atoms with E-state index >= 15 is 0 Å². The Balaban J connectivity index is 2.24. The molecule has 0 bridgehead atoms. The lowest BCUT2D eigenvalue weighted by atomic mass is 10.1. The van der Waals surface area contributed by atoms with Crippen LogP contribution in [0.1, 0.15) is 15.9 Å². The van der Waals surface area contributed by atoms with Crippen molar-refractivity contribution in [3.63, 3.8) is 0 Å². The van der Waals surface area contributed by atoms with Gasteiger partial charge in [-0.3, -0.25) is 10.1 Å². The van der Waals surface area contributed by atoms with Gasteiger partial charge in [0.15, 0.2) is 0 Å². The summed E-state index contributed by atoms with van der Waals surface area (Å²) < 4.78 is 86.3. The predicted molar refractivity (Wildman–Crippen MR) is 93.4 cm³/mol. The average molecular weight is 420 g/mol. The Morgan fingerprint density at radius 3 is 1.93 bits per heavy atom. The molecule has 0 saturated carbocycles. The Morgan fingerprint density at radius 1 is 0.897 bits per heavy atom. The highest BCUT2D eigenvalue weighted by atomic mass is 19.4. The fourth-order valence-electron chi connectivity index (χ4n) is 2.57. The minimum absolute atomic E-state index is 0.140. The number of benzene rings is 2. The van der Waals surface area contributed by atoms with Crippen LogP contribution < -0.4 is 15.4 Å². The zero-order chi connectivity index (χ0) is 21.7. The van der Waals surface area contributed by atoms with Crippen molar-refractivity contribution in [3.05, 3.63) is 65.7 Å². The highest BCUT2D eigenvalue weighted by Gasteiger charge is 2.72. The Bertz CT molecular complexity index is 790. The number of methoxy groups -OCH3 is 1. The number of hydrogen-bond acceptors (Lipinski definition) is 3. The maximum atomic E-state index is 13.6. The molecule has 0 radical (unpaired) electrons.